The van der Waals surface area contributed by atoms with Crippen LogP contribution in [0.4, 0.5) is 5.13 Å². The minimum atomic E-state index is 0.731. The summed E-state index contributed by atoms with van der Waals surface area (Å²) in [5.41, 5.74) is 3.80. The summed E-state index contributed by atoms with van der Waals surface area (Å²) < 4.78 is 4.52. The largest absolute Gasteiger partial charge is 0.344 e. The maximum atomic E-state index is 5.96. The van der Waals surface area contributed by atoms with Gasteiger partial charge in [-0.05, 0) is 42.3 Å². The number of hydrogen-bond acceptors (Lipinski definition) is 5. The molecule has 0 amide bonds. The Morgan fingerprint density at radius 1 is 1.00 bits per heavy atom. The van der Waals surface area contributed by atoms with E-state index in [1.807, 2.05) is 24.3 Å². The van der Waals surface area contributed by atoms with Crippen LogP contribution in [0.15, 0.2) is 48.5 Å². The van der Waals surface area contributed by atoms with Crippen LogP contribution in [0.25, 0.3) is 11.4 Å². The zero-order chi connectivity index (χ0) is 17.9. The first-order chi connectivity index (χ1) is 12.7. The summed E-state index contributed by atoms with van der Waals surface area (Å²) in [5.74, 6) is 0.781. The second kappa shape index (κ2) is 7.74. The molecule has 1 aromatic heterocycles. The van der Waals surface area contributed by atoms with Crippen molar-refractivity contribution in [3.63, 3.8) is 0 Å². The van der Waals surface area contributed by atoms with Gasteiger partial charge in [-0.1, -0.05) is 35.9 Å². The summed E-state index contributed by atoms with van der Waals surface area (Å²) in [7, 11) is 0. The molecular formula is C20H21ClN4S. The number of aryl methyl sites for hydroxylation is 1. The molecule has 0 atom stereocenters. The lowest BCUT2D eigenvalue weighted by molar-refractivity contribution is 0.249. The van der Waals surface area contributed by atoms with Crippen LogP contribution in [0.5, 0.6) is 0 Å². The molecule has 134 valence electrons. The van der Waals surface area contributed by atoms with Crippen LogP contribution in [0.2, 0.25) is 5.02 Å². The molecule has 4 nitrogen and oxygen atoms in total. The fourth-order valence-corrected chi connectivity index (χ4v) is 4.05. The van der Waals surface area contributed by atoms with Crippen molar-refractivity contribution >= 4 is 28.3 Å². The van der Waals surface area contributed by atoms with Crippen LogP contribution in [0, 0.1) is 6.92 Å². The Kier molecular flexibility index (Phi) is 5.20. The normalized spacial score (nSPS) is 15.4. The minimum absolute atomic E-state index is 0.731. The molecule has 0 radical (unpaired) electrons. The highest BCUT2D eigenvalue weighted by molar-refractivity contribution is 7.09. The van der Waals surface area contributed by atoms with Crippen molar-refractivity contribution in [2.75, 3.05) is 31.1 Å². The Bertz CT molecular complexity index is 870. The molecule has 0 bridgehead atoms. The summed E-state index contributed by atoms with van der Waals surface area (Å²) in [4.78, 5) is 9.58. The van der Waals surface area contributed by atoms with Gasteiger partial charge in [0, 0.05) is 54.8 Å². The van der Waals surface area contributed by atoms with E-state index in [4.69, 9.17) is 16.6 Å². The SMILES string of the molecule is Cc1ccccc1CN1CCN(c2nc(-c3ccc(Cl)cc3)ns2)CC1. The van der Waals surface area contributed by atoms with Gasteiger partial charge in [-0.2, -0.15) is 9.36 Å². The standard InChI is InChI=1S/C20H21ClN4S/c1-15-4-2-3-5-17(15)14-24-10-12-25(13-11-24)20-22-19(23-26-20)16-6-8-18(21)9-7-16/h2-9H,10-14H2,1H3. The van der Waals surface area contributed by atoms with Gasteiger partial charge in [0.05, 0.1) is 0 Å². The quantitative estimate of drug-likeness (QED) is 0.663. The van der Waals surface area contributed by atoms with Crippen LogP contribution in [0.3, 0.4) is 0 Å². The maximum absolute atomic E-state index is 5.96. The van der Waals surface area contributed by atoms with E-state index >= 15 is 0 Å². The van der Waals surface area contributed by atoms with Gasteiger partial charge in [0.25, 0.3) is 0 Å². The van der Waals surface area contributed by atoms with Crippen molar-refractivity contribution in [2.45, 2.75) is 13.5 Å². The Labute approximate surface area is 163 Å². The van der Waals surface area contributed by atoms with Crippen molar-refractivity contribution < 1.29 is 0 Å². The first-order valence-electron chi connectivity index (χ1n) is 8.80. The molecule has 2 aromatic carbocycles. The number of piperazine rings is 1. The van der Waals surface area contributed by atoms with Gasteiger partial charge in [0.1, 0.15) is 0 Å². The molecule has 0 spiro atoms. The topological polar surface area (TPSA) is 32.3 Å². The summed E-state index contributed by atoms with van der Waals surface area (Å²) >= 11 is 7.43. The lowest BCUT2D eigenvalue weighted by atomic mass is 10.1. The molecule has 1 saturated heterocycles. The summed E-state index contributed by atoms with van der Waals surface area (Å²) in [6, 6.07) is 16.3. The number of hydrogen-bond donors (Lipinski definition) is 0. The molecule has 0 saturated carbocycles. The number of rotatable bonds is 4. The van der Waals surface area contributed by atoms with Gasteiger partial charge in [0.15, 0.2) is 5.82 Å². The fraction of sp³-hybridized carbons (Fsp3) is 0.300. The highest BCUT2D eigenvalue weighted by atomic mass is 35.5. The van der Waals surface area contributed by atoms with E-state index in [2.05, 4.69) is 45.4 Å². The van der Waals surface area contributed by atoms with Crippen LogP contribution < -0.4 is 4.90 Å². The van der Waals surface area contributed by atoms with Gasteiger partial charge in [-0.15, -0.1) is 0 Å². The van der Waals surface area contributed by atoms with E-state index in [1.165, 1.54) is 22.7 Å². The van der Waals surface area contributed by atoms with E-state index in [0.29, 0.717) is 0 Å². The Morgan fingerprint density at radius 2 is 1.73 bits per heavy atom. The second-order valence-corrected chi connectivity index (χ2v) is 7.76. The molecule has 26 heavy (non-hydrogen) atoms. The maximum Gasteiger partial charge on any atom is 0.205 e. The van der Waals surface area contributed by atoms with E-state index in [0.717, 1.165) is 54.3 Å². The molecule has 1 aliphatic rings. The predicted octanol–water partition coefficient (Wildman–Crippen LogP) is 4.49. The molecule has 3 aromatic rings. The zero-order valence-corrected chi connectivity index (χ0v) is 16.3. The average molecular weight is 385 g/mol. The molecule has 4 rings (SSSR count). The second-order valence-electron chi connectivity index (χ2n) is 6.60. The van der Waals surface area contributed by atoms with E-state index < -0.39 is 0 Å². The minimum Gasteiger partial charge on any atom is -0.344 e. The molecule has 6 heteroatoms. The van der Waals surface area contributed by atoms with Gasteiger partial charge in [-0.3, -0.25) is 4.90 Å². The Morgan fingerprint density at radius 3 is 2.46 bits per heavy atom. The Balaban J connectivity index is 1.38. The molecule has 1 aliphatic heterocycles. The lowest BCUT2D eigenvalue weighted by Gasteiger charge is -2.34. The van der Waals surface area contributed by atoms with Gasteiger partial charge in [0.2, 0.25) is 5.13 Å². The third-order valence-corrected chi connectivity index (χ3v) is 5.84. The van der Waals surface area contributed by atoms with Crippen LogP contribution in [-0.2, 0) is 6.54 Å². The first-order valence-corrected chi connectivity index (χ1v) is 9.95. The van der Waals surface area contributed by atoms with Crippen molar-refractivity contribution in [3.05, 3.63) is 64.7 Å². The lowest BCUT2D eigenvalue weighted by Crippen LogP contribution is -2.46. The monoisotopic (exact) mass is 384 g/mol. The van der Waals surface area contributed by atoms with Crippen LogP contribution >= 0.6 is 23.1 Å². The molecule has 2 heterocycles. The van der Waals surface area contributed by atoms with Gasteiger partial charge >= 0.3 is 0 Å². The van der Waals surface area contributed by atoms with Gasteiger partial charge in [-0.25, -0.2) is 0 Å². The summed E-state index contributed by atoms with van der Waals surface area (Å²) in [6.07, 6.45) is 0. The predicted molar refractivity (Wildman–Crippen MR) is 109 cm³/mol. The number of nitrogens with zero attached hydrogens (tertiary/aromatic N) is 4. The van der Waals surface area contributed by atoms with Crippen molar-refractivity contribution in [1.29, 1.82) is 0 Å². The summed E-state index contributed by atoms with van der Waals surface area (Å²) in [5, 5.41) is 1.74. The third kappa shape index (κ3) is 3.90. The van der Waals surface area contributed by atoms with E-state index in [9.17, 15) is 0 Å². The third-order valence-electron chi connectivity index (χ3n) is 4.82. The van der Waals surface area contributed by atoms with Gasteiger partial charge < -0.3 is 4.90 Å². The van der Waals surface area contributed by atoms with Crippen molar-refractivity contribution in [2.24, 2.45) is 0 Å². The first kappa shape index (κ1) is 17.5. The van der Waals surface area contributed by atoms with Crippen molar-refractivity contribution in [3.8, 4) is 11.4 Å². The van der Waals surface area contributed by atoms with E-state index in [1.54, 1.807) is 0 Å². The van der Waals surface area contributed by atoms with E-state index in [-0.39, 0.29) is 0 Å². The van der Waals surface area contributed by atoms with Crippen molar-refractivity contribution in [1.82, 2.24) is 14.3 Å². The average Bonchev–Trinajstić information content (AvgIpc) is 3.15. The zero-order valence-electron chi connectivity index (χ0n) is 14.7. The summed E-state index contributed by atoms with van der Waals surface area (Å²) in [6.45, 7) is 7.27. The molecule has 0 aliphatic carbocycles. The van der Waals surface area contributed by atoms with Crippen LogP contribution in [-0.4, -0.2) is 40.4 Å². The smallest absolute Gasteiger partial charge is 0.205 e. The fourth-order valence-electron chi connectivity index (χ4n) is 3.19. The Hall–Kier alpha value is -1.95. The molecular weight excluding hydrogens is 364 g/mol. The number of halogens is 1. The van der Waals surface area contributed by atoms with Crippen LogP contribution in [0.1, 0.15) is 11.1 Å². The molecule has 1 fully saturated rings. The highest BCUT2D eigenvalue weighted by Crippen LogP contribution is 2.26. The number of benzene rings is 2. The number of anilines is 1. The molecule has 0 unspecified atom stereocenters. The molecule has 0 N–H and O–H groups in total. The number of aromatic nitrogens is 2. The highest BCUT2D eigenvalue weighted by Gasteiger charge is 2.20.